The number of carboxylic acids is 1. The highest BCUT2D eigenvalue weighted by atomic mass is 35.5. The standard InChI is InChI=1S/C23H27Cl2N5.C2HF3O2/c1-16(2)14-26-22-23(28-21-6-4-3-5-20(21)27-22)30-11-9-29(10-12-30)15-17-13-18(24)7-8-19(17)25;3-2(4,5)1(6)7/h3-8,13,16H,9-12,14-15H2,1-2H3,(H,26,27);(H,6,7). The number of anilines is 2. The average Bonchev–Trinajstić information content (AvgIpc) is 2.84. The molecular weight excluding hydrogens is 530 g/mol. The fourth-order valence-corrected chi connectivity index (χ4v) is 4.03. The van der Waals surface area contributed by atoms with Crippen LogP contribution < -0.4 is 10.2 Å². The summed E-state index contributed by atoms with van der Waals surface area (Å²) in [4.78, 5) is 23.5. The Morgan fingerprint density at radius 2 is 1.65 bits per heavy atom. The number of carbonyl (C=O) groups is 1. The van der Waals surface area contributed by atoms with Gasteiger partial charge in [-0.3, -0.25) is 4.90 Å². The molecule has 1 aromatic heterocycles. The summed E-state index contributed by atoms with van der Waals surface area (Å²) in [5.41, 5.74) is 2.92. The highest BCUT2D eigenvalue weighted by molar-refractivity contribution is 6.33. The minimum atomic E-state index is -5.08. The average molecular weight is 558 g/mol. The molecule has 2 heterocycles. The Morgan fingerprint density at radius 3 is 2.22 bits per heavy atom. The molecule has 0 aliphatic carbocycles. The lowest BCUT2D eigenvalue weighted by Crippen LogP contribution is -2.46. The number of piperazine rings is 1. The lowest BCUT2D eigenvalue weighted by Gasteiger charge is -2.36. The molecule has 0 radical (unpaired) electrons. The zero-order valence-electron chi connectivity index (χ0n) is 20.4. The summed E-state index contributed by atoms with van der Waals surface area (Å²) in [7, 11) is 0. The third-order valence-corrected chi connectivity index (χ3v) is 6.15. The summed E-state index contributed by atoms with van der Waals surface area (Å²) >= 11 is 12.5. The number of alkyl halides is 3. The van der Waals surface area contributed by atoms with Gasteiger partial charge in [-0.05, 0) is 41.8 Å². The Labute approximate surface area is 223 Å². The Hall–Kier alpha value is -2.82. The topological polar surface area (TPSA) is 81.6 Å². The van der Waals surface area contributed by atoms with Crippen molar-refractivity contribution in [2.24, 2.45) is 5.92 Å². The summed E-state index contributed by atoms with van der Waals surface area (Å²) in [6, 6.07) is 13.7. The van der Waals surface area contributed by atoms with E-state index in [1.54, 1.807) is 0 Å². The largest absolute Gasteiger partial charge is 0.490 e. The van der Waals surface area contributed by atoms with Gasteiger partial charge in [0.15, 0.2) is 11.6 Å². The van der Waals surface area contributed by atoms with Crippen molar-refractivity contribution in [1.29, 1.82) is 0 Å². The fourth-order valence-electron chi connectivity index (χ4n) is 3.65. The van der Waals surface area contributed by atoms with Crippen LogP contribution in [0.4, 0.5) is 24.8 Å². The Morgan fingerprint density at radius 1 is 1.05 bits per heavy atom. The van der Waals surface area contributed by atoms with Crippen LogP contribution in [0.5, 0.6) is 0 Å². The molecule has 1 aliphatic heterocycles. The summed E-state index contributed by atoms with van der Waals surface area (Å²) < 4.78 is 31.7. The molecule has 1 fully saturated rings. The number of halogens is 5. The molecule has 0 spiro atoms. The van der Waals surface area contributed by atoms with E-state index in [1.165, 1.54) is 0 Å². The van der Waals surface area contributed by atoms with Gasteiger partial charge in [0.1, 0.15) is 0 Å². The van der Waals surface area contributed by atoms with Gasteiger partial charge in [-0.1, -0.05) is 49.2 Å². The first kappa shape index (κ1) is 28.7. The smallest absolute Gasteiger partial charge is 0.475 e. The molecule has 37 heavy (non-hydrogen) atoms. The van der Waals surface area contributed by atoms with Gasteiger partial charge >= 0.3 is 12.1 Å². The van der Waals surface area contributed by atoms with E-state index in [4.69, 9.17) is 43.1 Å². The van der Waals surface area contributed by atoms with Crippen molar-refractivity contribution in [2.75, 3.05) is 42.9 Å². The molecule has 12 heteroatoms. The van der Waals surface area contributed by atoms with E-state index in [2.05, 4.69) is 29.0 Å². The molecule has 0 bridgehead atoms. The highest BCUT2D eigenvalue weighted by Gasteiger charge is 2.38. The number of fused-ring (bicyclic) bond motifs is 1. The minimum absolute atomic E-state index is 0.533. The molecule has 2 N–H and O–H groups in total. The monoisotopic (exact) mass is 557 g/mol. The highest BCUT2D eigenvalue weighted by Crippen LogP contribution is 2.27. The van der Waals surface area contributed by atoms with Crippen molar-refractivity contribution in [2.45, 2.75) is 26.6 Å². The van der Waals surface area contributed by atoms with Gasteiger partial charge in [0.2, 0.25) is 0 Å². The van der Waals surface area contributed by atoms with Gasteiger partial charge in [-0.15, -0.1) is 0 Å². The normalized spacial score (nSPS) is 14.4. The van der Waals surface area contributed by atoms with Crippen LogP contribution >= 0.6 is 23.2 Å². The number of para-hydroxylation sites is 2. The number of rotatable bonds is 6. The van der Waals surface area contributed by atoms with Crippen LogP contribution in [-0.4, -0.2) is 64.8 Å². The second-order valence-corrected chi connectivity index (χ2v) is 9.80. The molecule has 1 aliphatic rings. The quantitative estimate of drug-likeness (QED) is 0.387. The number of hydrogen-bond donors (Lipinski definition) is 2. The van der Waals surface area contributed by atoms with E-state index >= 15 is 0 Å². The van der Waals surface area contributed by atoms with E-state index in [9.17, 15) is 13.2 Å². The molecule has 0 unspecified atom stereocenters. The number of aromatic nitrogens is 2. The molecule has 3 aromatic rings. The Bertz CT molecular complexity index is 1220. The first-order valence-electron chi connectivity index (χ1n) is 11.7. The van der Waals surface area contributed by atoms with Gasteiger partial charge in [-0.2, -0.15) is 13.2 Å². The van der Waals surface area contributed by atoms with E-state index < -0.39 is 12.1 Å². The number of benzene rings is 2. The van der Waals surface area contributed by atoms with Gasteiger partial charge < -0.3 is 15.3 Å². The fraction of sp³-hybridized carbons (Fsp3) is 0.400. The van der Waals surface area contributed by atoms with Crippen LogP contribution in [0.15, 0.2) is 42.5 Å². The van der Waals surface area contributed by atoms with Crippen molar-refractivity contribution in [3.8, 4) is 0 Å². The van der Waals surface area contributed by atoms with Crippen LogP contribution in [0.1, 0.15) is 19.4 Å². The maximum Gasteiger partial charge on any atom is 0.490 e. The SMILES string of the molecule is CC(C)CNc1nc2ccccc2nc1N1CCN(Cc2cc(Cl)ccc2Cl)CC1.O=C(O)C(F)(F)F. The van der Waals surface area contributed by atoms with Crippen LogP contribution in [0.2, 0.25) is 10.0 Å². The third kappa shape index (κ3) is 8.34. The van der Waals surface area contributed by atoms with Crippen molar-refractivity contribution >= 4 is 51.8 Å². The van der Waals surface area contributed by atoms with Crippen LogP contribution in [-0.2, 0) is 11.3 Å². The van der Waals surface area contributed by atoms with Crippen LogP contribution in [0.3, 0.4) is 0 Å². The number of nitrogens with zero attached hydrogens (tertiary/aromatic N) is 4. The molecule has 1 saturated heterocycles. The molecule has 0 atom stereocenters. The van der Waals surface area contributed by atoms with E-state index in [-0.39, 0.29) is 0 Å². The Kier molecular flexibility index (Phi) is 9.80. The van der Waals surface area contributed by atoms with Crippen molar-refractivity contribution < 1.29 is 23.1 Å². The lowest BCUT2D eigenvalue weighted by atomic mass is 10.2. The molecule has 200 valence electrons. The predicted molar refractivity (Wildman–Crippen MR) is 141 cm³/mol. The van der Waals surface area contributed by atoms with Crippen molar-refractivity contribution in [1.82, 2.24) is 14.9 Å². The molecule has 2 aromatic carbocycles. The van der Waals surface area contributed by atoms with E-state index in [1.807, 2.05) is 42.5 Å². The van der Waals surface area contributed by atoms with Gasteiger partial charge in [0, 0.05) is 49.3 Å². The molecule has 0 amide bonds. The van der Waals surface area contributed by atoms with E-state index in [0.29, 0.717) is 5.92 Å². The van der Waals surface area contributed by atoms with E-state index in [0.717, 1.165) is 77.5 Å². The summed E-state index contributed by atoms with van der Waals surface area (Å²) in [6.45, 7) is 9.70. The zero-order chi connectivity index (χ0) is 27.2. The maximum absolute atomic E-state index is 10.6. The van der Waals surface area contributed by atoms with Gasteiger partial charge in [-0.25, -0.2) is 14.8 Å². The van der Waals surface area contributed by atoms with Crippen LogP contribution in [0.25, 0.3) is 11.0 Å². The zero-order valence-corrected chi connectivity index (χ0v) is 21.9. The first-order chi connectivity index (χ1) is 17.4. The molecule has 0 saturated carbocycles. The Balaban J connectivity index is 0.000000479. The summed E-state index contributed by atoms with van der Waals surface area (Å²) in [5.74, 6) is -0.415. The molecular formula is C25H28Cl2F3N5O2. The molecule has 4 rings (SSSR count). The van der Waals surface area contributed by atoms with Crippen molar-refractivity contribution in [3.05, 3.63) is 58.1 Å². The third-order valence-electron chi connectivity index (χ3n) is 5.55. The number of nitrogens with one attached hydrogen (secondary N) is 1. The number of carboxylic acid groups (broad SMARTS) is 1. The number of aliphatic carboxylic acids is 1. The van der Waals surface area contributed by atoms with Crippen molar-refractivity contribution in [3.63, 3.8) is 0 Å². The lowest BCUT2D eigenvalue weighted by molar-refractivity contribution is -0.192. The minimum Gasteiger partial charge on any atom is -0.475 e. The summed E-state index contributed by atoms with van der Waals surface area (Å²) in [6.07, 6.45) is -5.08. The van der Waals surface area contributed by atoms with Crippen LogP contribution in [0, 0.1) is 5.92 Å². The van der Waals surface area contributed by atoms with Gasteiger partial charge in [0.05, 0.1) is 11.0 Å². The maximum atomic E-state index is 10.6. The molecule has 7 nitrogen and oxygen atoms in total. The van der Waals surface area contributed by atoms with Gasteiger partial charge in [0.25, 0.3) is 0 Å². The summed E-state index contributed by atoms with van der Waals surface area (Å²) in [5, 5.41) is 12.1. The number of hydrogen-bond acceptors (Lipinski definition) is 6. The second kappa shape index (κ2) is 12.6. The second-order valence-electron chi connectivity index (χ2n) is 8.96. The predicted octanol–water partition coefficient (Wildman–Crippen LogP) is 5.96. The first-order valence-corrected chi connectivity index (χ1v) is 12.4.